The van der Waals surface area contributed by atoms with Gasteiger partial charge in [0.2, 0.25) is 0 Å². The molecule has 0 N–H and O–H groups in total. The van der Waals surface area contributed by atoms with Crippen LogP contribution in [0.5, 0.6) is 0 Å². The van der Waals surface area contributed by atoms with Crippen molar-refractivity contribution < 1.29 is 0 Å². The van der Waals surface area contributed by atoms with Crippen LogP contribution in [0, 0.1) is 0 Å². The van der Waals surface area contributed by atoms with Crippen LogP contribution in [0.1, 0.15) is 9.49 Å². The standard InChI is InChI=1S/C12H10IN3/c13-12(8-15-16-14)11-6-5-9-3-1-2-4-10(9)7-11/h1-7,12H,8H2. The zero-order valence-corrected chi connectivity index (χ0v) is 10.7. The zero-order chi connectivity index (χ0) is 11.4. The third-order valence-electron chi connectivity index (χ3n) is 2.44. The molecule has 0 saturated heterocycles. The molecule has 4 heteroatoms. The van der Waals surface area contributed by atoms with Crippen molar-refractivity contribution in [2.24, 2.45) is 5.11 Å². The summed E-state index contributed by atoms with van der Waals surface area (Å²) >= 11 is 2.30. The summed E-state index contributed by atoms with van der Waals surface area (Å²) in [6.07, 6.45) is 0. The first-order valence-electron chi connectivity index (χ1n) is 4.95. The predicted octanol–water partition coefficient (Wildman–Crippen LogP) is 4.63. The molecule has 2 rings (SSSR count). The second-order valence-electron chi connectivity index (χ2n) is 3.49. The summed E-state index contributed by atoms with van der Waals surface area (Å²) in [5.41, 5.74) is 9.49. The summed E-state index contributed by atoms with van der Waals surface area (Å²) in [6.45, 7) is 0.495. The smallest absolute Gasteiger partial charge is 0.0417 e. The van der Waals surface area contributed by atoms with Crippen LogP contribution in [-0.2, 0) is 0 Å². The average Bonchev–Trinajstić information content (AvgIpc) is 2.35. The van der Waals surface area contributed by atoms with E-state index in [4.69, 9.17) is 5.53 Å². The van der Waals surface area contributed by atoms with Gasteiger partial charge >= 0.3 is 0 Å². The maximum Gasteiger partial charge on any atom is 0.0417 e. The Labute approximate surface area is 107 Å². The molecule has 0 heterocycles. The quantitative estimate of drug-likeness (QED) is 0.260. The minimum absolute atomic E-state index is 0.234. The molecule has 2 aromatic rings. The molecule has 3 nitrogen and oxygen atoms in total. The van der Waals surface area contributed by atoms with Crippen molar-refractivity contribution in [3.05, 3.63) is 58.5 Å². The lowest BCUT2D eigenvalue weighted by Crippen LogP contribution is -1.92. The van der Waals surface area contributed by atoms with Gasteiger partial charge in [-0.25, -0.2) is 0 Å². The molecular weight excluding hydrogens is 313 g/mol. The molecular formula is C12H10IN3. The van der Waals surface area contributed by atoms with Crippen molar-refractivity contribution in [1.82, 2.24) is 0 Å². The molecule has 0 aliphatic rings. The normalized spacial score (nSPS) is 12.1. The van der Waals surface area contributed by atoms with Gasteiger partial charge in [0, 0.05) is 15.4 Å². The van der Waals surface area contributed by atoms with Crippen LogP contribution in [0.2, 0.25) is 0 Å². The molecule has 0 aliphatic carbocycles. The topological polar surface area (TPSA) is 48.8 Å². The minimum atomic E-state index is 0.234. The lowest BCUT2D eigenvalue weighted by atomic mass is 10.1. The molecule has 0 amide bonds. The second-order valence-corrected chi connectivity index (χ2v) is 4.99. The summed E-state index contributed by atoms with van der Waals surface area (Å²) in [7, 11) is 0. The molecule has 1 unspecified atom stereocenters. The number of hydrogen-bond donors (Lipinski definition) is 0. The summed E-state index contributed by atoms with van der Waals surface area (Å²) in [5, 5.41) is 6.06. The molecule has 0 aromatic heterocycles. The van der Waals surface area contributed by atoms with Gasteiger partial charge in [0.25, 0.3) is 0 Å². The predicted molar refractivity (Wildman–Crippen MR) is 74.7 cm³/mol. The summed E-state index contributed by atoms with van der Waals surface area (Å²) in [6, 6.07) is 14.6. The lowest BCUT2D eigenvalue weighted by Gasteiger charge is -2.08. The Bertz CT molecular complexity index is 547. The Hall–Kier alpha value is -1.26. The van der Waals surface area contributed by atoms with Crippen LogP contribution in [-0.4, -0.2) is 6.54 Å². The zero-order valence-electron chi connectivity index (χ0n) is 8.55. The Kier molecular flexibility index (Phi) is 3.64. The Morgan fingerprint density at radius 2 is 1.94 bits per heavy atom. The van der Waals surface area contributed by atoms with Crippen LogP contribution < -0.4 is 0 Å². The van der Waals surface area contributed by atoms with Crippen LogP contribution in [0.3, 0.4) is 0 Å². The molecule has 16 heavy (non-hydrogen) atoms. The van der Waals surface area contributed by atoms with Crippen molar-refractivity contribution in [1.29, 1.82) is 0 Å². The van der Waals surface area contributed by atoms with Crippen LogP contribution >= 0.6 is 22.6 Å². The van der Waals surface area contributed by atoms with Gasteiger partial charge in [-0.15, -0.1) is 0 Å². The van der Waals surface area contributed by atoms with Gasteiger partial charge < -0.3 is 0 Å². The fraction of sp³-hybridized carbons (Fsp3) is 0.167. The Morgan fingerprint density at radius 3 is 2.69 bits per heavy atom. The van der Waals surface area contributed by atoms with Gasteiger partial charge in [0.15, 0.2) is 0 Å². The number of fused-ring (bicyclic) bond motifs is 1. The molecule has 0 radical (unpaired) electrons. The number of benzene rings is 2. The number of alkyl halides is 1. The summed E-state index contributed by atoms with van der Waals surface area (Å²) < 4.78 is 0.234. The van der Waals surface area contributed by atoms with Crippen molar-refractivity contribution in [2.45, 2.75) is 3.92 Å². The molecule has 0 bridgehead atoms. The summed E-state index contributed by atoms with van der Waals surface area (Å²) in [5.74, 6) is 0. The van der Waals surface area contributed by atoms with Crippen LogP contribution in [0.25, 0.3) is 21.2 Å². The first-order valence-corrected chi connectivity index (χ1v) is 6.19. The van der Waals surface area contributed by atoms with E-state index >= 15 is 0 Å². The second kappa shape index (κ2) is 5.18. The largest absolute Gasteiger partial charge is 0.0925 e. The highest BCUT2D eigenvalue weighted by Crippen LogP contribution is 2.26. The first kappa shape index (κ1) is 11.2. The lowest BCUT2D eigenvalue weighted by molar-refractivity contribution is 0.964. The van der Waals surface area contributed by atoms with Gasteiger partial charge in [-0.3, -0.25) is 0 Å². The monoisotopic (exact) mass is 323 g/mol. The van der Waals surface area contributed by atoms with E-state index < -0.39 is 0 Å². The van der Waals surface area contributed by atoms with E-state index in [2.05, 4.69) is 62.9 Å². The van der Waals surface area contributed by atoms with Gasteiger partial charge in [-0.1, -0.05) is 70.2 Å². The van der Waals surface area contributed by atoms with Crippen molar-refractivity contribution >= 4 is 33.4 Å². The third-order valence-corrected chi connectivity index (χ3v) is 3.55. The fourth-order valence-corrected chi connectivity index (χ4v) is 2.18. The highest BCUT2D eigenvalue weighted by molar-refractivity contribution is 14.1. The molecule has 0 aliphatic heterocycles. The number of halogens is 1. The van der Waals surface area contributed by atoms with Gasteiger partial charge in [-0.2, -0.15) is 0 Å². The molecule has 2 aromatic carbocycles. The summed E-state index contributed by atoms with van der Waals surface area (Å²) in [4.78, 5) is 2.78. The third kappa shape index (κ3) is 2.46. The maximum atomic E-state index is 8.29. The van der Waals surface area contributed by atoms with Crippen LogP contribution in [0.15, 0.2) is 47.6 Å². The number of azide groups is 1. The van der Waals surface area contributed by atoms with Crippen LogP contribution in [0.4, 0.5) is 0 Å². The van der Waals surface area contributed by atoms with E-state index in [-0.39, 0.29) is 3.92 Å². The van der Waals surface area contributed by atoms with E-state index in [1.165, 1.54) is 16.3 Å². The fourth-order valence-electron chi connectivity index (χ4n) is 1.62. The number of nitrogens with zero attached hydrogens (tertiary/aromatic N) is 3. The van der Waals surface area contributed by atoms with Gasteiger partial charge in [0.05, 0.1) is 0 Å². The first-order chi connectivity index (χ1) is 7.81. The van der Waals surface area contributed by atoms with Crippen molar-refractivity contribution in [3.63, 3.8) is 0 Å². The molecule has 0 saturated carbocycles. The van der Waals surface area contributed by atoms with Gasteiger partial charge in [0.1, 0.15) is 0 Å². The Balaban J connectivity index is 2.35. The van der Waals surface area contributed by atoms with Crippen molar-refractivity contribution in [2.75, 3.05) is 6.54 Å². The van der Waals surface area contributed by atoms with E-state index in [0.29, 0.717) is 6.54 Å². The molecule has 0 fully saturated rings. The van der Waals surface area contributed by atoms with Crippen molar-refractivity contribution in [3.8, 4) is 0 Å². The Morgan fingerprint density at radius 1 is 1.19 bits per heavy atom. The maximum absolute atomic E-state index is 8.29. The number of rotatable bonds is 3. The van der Waals surface area contributed by atoms with E-state index in [1.54, 1.807) is 0 Å². The SMILES string of the molecule is [N-]=[N+]=NCC(I)c1ccc2ccccc2c1. The van der Waals surface area contributed by atoms with E-state index in [1.807, 2.05) is 12.1 Å². The average molecular weight is 323 g/mol. The minimum Gasteiger partial charge on any atom is -0.0925 e. The molecule has 80 valence electrons. The molecule has 0 spiro atoms. The van der Waals surface area contributed by atoms with E-state index in [0.717, 1.165) is 0 Å². The highest BCUT2D eigenvalue weighted by Gasteiger charge is 2.06. The van der Waals surface area contributed by atoms with E-state index in [9.17, 15) is 0 Å². The number of hydrogen-bond acceptors (Lipinski definition) is 1. The van der Waals surface area contributed by atoms with Gasteiger partial charge in [-0.05, 0) is 21.9 Å². The highest BCUT2D eigenvalue weighted by atomic mass is 127. The molecule has 1 atom stereocenters.